The van der Waals surface area contributed by atoms with Crippen LogP contribution in [0.15, 0.2) is 18.2 Å². The predicted molar refractivity (Wildman–Crippen MR) is 76.3 cm³/mol. The van der Waals surface area contributed by atoms with E-state index in [4.69, 9.17) is 15.7 Å². The standard InChI is InChI=1S/C15H21N3O2/c1-15(2)14(19)13(18-7-3-6-16)11-8-10(9-17)4-5-12(11)20-15/h4-5,8,13-14,18-19H,3,6-7,16H2,1-2H3/t13-,14+/m0/s1. The van der Waals surface area contributed by atoms with Gasteiger partial charge in [-0.25, -0.2) is 0 Å². The quantitative estimate of drug-likeness (QED) is 0.715. The molecule has 1 aromatic carbocycles. The van der Waals surface area contributed by atoms with Crippen molar-refractivity contribution in [1.29, 1.82) is 5.26 Å². The third kappa shape index (κ3) is 2.78. The van der Waals surface area contributed by atoms with Gasteiger partial charge in [0.15, 0.2) is 0 Å². The van der Waals surface area contributed by atoms with E-state index in [0.29, 0.717) is 24.4 Å². The molecule has 0 spiro atoms. The first-order valence-electron chi connectivity index (χ1n) is 6.84. The summed E-state index contributed by atoms with van der Waals surface area (Å²) in [5.41, 5.74) is 6.21. The lowest BCUT2D eigenvalue weighted by atomic mass is 9.86. The van der Waals surface area contributed by atoms with E-state index in [1.165, 1.54) is 0 Å². The van der Waals surface area contributed by atoms with Crippen LogP contribution in [-0.4, -0.2) is 29.9 Å². The molecule has 1 aliphatic rings. The monoisotopic (exact) mass is 275 g/mol. The lowest BCUT2D eigenvalue weighted by molar-refractivity contribution is -0.0644. The highest BCUT2D eigenvalue weighted by molar-refractivity contribution is 5.46. The van der Waals surface area contributed by atoms with Crippen LogP contribution in [0.4, 0.5) is 0 Å². The molecule has 0 bridgehead atoms. The van der Waals surface area contributed by atoms with Crippen molar-refractivity contribution in [3.63, 3.8) is 0 Å². The molecule has 5 heteroatoms. The maximum Gasteiger partial charge on any atom is 0.131 e. The van der Waals surface area contributed by atoms with Gasteiger partial charge in [-0.15, -0.1) is 0 Å². The first-order valence-corrected chi connectivity index (χ1v) is 6.84. The summed E-state index contributed by atoms with van der Waals surface area (Å²) in [6.45, 7) is 5.03. The molecule has 2 atom stereocenters. The highest BCUT2D eigenvalue weighted by Gasteiger charge is 2.42. The van der Waals surface area contributed by atoms with Gasteiger partial charge in [-0.3, -0.25) is 0 Å². The van der Waals surface area contributed by atoms with E-state index < -0.39 is 11.7 Å². The Hall–Kier alpha value is -1.61. The second kappa shape index (κ2) is 5.80. The van der Waals surface area contributed by atoms with Crippen molar-refractivity contribution in [3.8, 4) is 11.8 Å². The molecule has 0 saturated carbocycles. The number of aliphatic hydroxyl groups is 1. The minimum atomic E-state index is -0.693. The largest absolute Gasteiger partial charge is 0.485 e. The number of nitrogens with two attached hydrogens (primary N) is 1. The number of ether oxygens (including phenoxy) is 1. The Morgan fingerprint density at radius 1 is 1.50 bits per heavy atom. The van der Waals surface area contributed by atoms with Gasteiger partial charge in [0, 0.05) is 5.56 Å². The molecule has 1 aliphatic heterocycles. The summed E-state index contributed by atoms with van der Waals surface area (Å²) in [5.74, 6) is 0.713. The van der Waals surface area contributed by atoms with E-state index in [-0.39, 0.29) is 6.04 Å². The zero-order valence-electron chi connectivity index (χ0n) is 11.9. The van der Waals surface area contributed by atoms with Crippen LogP contribution in [0.2, 0.25) is 0 Å². The molecular weight excluding hydrogens is 254 g/mol. The number of nitrogens with zero attached hydrogens (tertiary/aromatic N) is 1. The maximum atomic E-state index is 10.5. The van der Waals surface area contributed by atoms with E-state index in [9.17, 15) is 5.11 Å². The molecule has 0 amide bonds. The molecule has 0 unspecified atom stereocenters. The average Bonchev–Trinajstić information content (AvgIpc) is 2.42. The Balaban J connectivity index is 2.35. The zero-order chi connectivity index (χ0) is 14.8. The number of hydrogen-bond acceptors (Lipinski definition) is 5. The van der Waals surface area contributed by atoms with Crippen molar-refractivity contribution in [2.45, 2.75) is 38.0 Å². The molecule has 2 rings (SSSR count). The highest BCUT2D eigenvalue weighted by Crippen LogP contribution is 2.40. The van der Waals surface area contributed by atoms with Gasteiger partial charge >= 0.3 is 0 Å². The summed E-state index contributed by atoms with van der Waals surface area (Å²) in [6, 6.07) is 7.15. The van der Waals surface area contributed by atoms with E-state index in [2.05, 4.69) is 11.4 Å². The Labute approximate surface area is 119 Å². The normalized spacial score (nSPS) is 23.6. The van der Waals surface area contributed by atoms with Gasteiger partial charge in [-0.05, 0) is 51.6 Å². The van der Waals surface area contributed by atoms with E-state index in [1.807, 2.05) is 13.8 Å². The summed E-state index contributed by atoms with van der Waals surface area (Å²) in [5, 5.41) is 22.8. The molecule has 0 saturated heterocycles. The summed E-state index contributed by atoms with van der Waals surface area (Å²) < 4.78 is 5.84. The van der Waals surface area contributed by atoms with Crippen molar-refractivity contribution in [2.24, 2.45) is 5.73 Å². The summed E-state index contributed by atoms with van der Waals surface area (Å²) in [7, 11) is 0. The molecule has 4 N–H and O–H groups in total. The number of hydrogen-bond donors (Lipinski definition) is 3. The average molecular weight is 275 g/mol. The van der Waals surface area contributed by atoms with Crippen LogP contribution >= 0.6 is 0 Å². The van der Waals surface area contributed by atoms with Crippen molar-refractivity contribution in [1.82, 2.24) is 5.32 Å². The number of rotatable bonds is 4. The summed E-state index contributed by atoms with van der Waals surface area (Å²) in [4.78, 5) is 0. The van der Waals surface area contributed by atoms with Gasteiger partial charge < -0.3 is 20.9 Å². The molecule has 0 fully saturated rings. The first kappa shape index (κ1) is 14.8. The number of fused-ring (bicyclic) bond motifs is 1. The molecular formula is C15H21N3O2. The van der Waals surface area contributed by atoms with Crippen LogP contribution < -0.4 is 15.8 Å². The first-order chi connectivity index (χ1) is 9.49. The number of aliphatic hydroxyl groups excluding tert-OH is 1. The number of nitriles is 1. The number of benzene rings is 1. The van der Waals surface area contributed by atoms with Gasteiger partial charge in [-0.1, -0.05) is 0 Å². The smallest absolute Gasteiger partial charge is 0.131 e. The van der Waals surface area contributed by atoms with Gasteiger partial charge in [0.05, 0.1) is 17.7 Å². The van der Waals surface area contributed by atoms with Gasteiger partial charge in [0.1, 0.15) is 17.5 Å². The minimum Gasteiger partial charge on any atom is -0.485 e. The Morgan fingerprint density at radius 3 is 2.90 bits per heavy atom. The zero-order valence-corrected chi connectivity index (χ0v) is 11.9. The third-order valence-corrected chi connectivity index (χ3v) is 3.62. The second-order valence-electron chi connectivity index (χ2n) is 5.59. The molecule has 108 valence electrons. The molecule has 5 nitrogen and oxygen atoms in total. The molecule has 20 heavy (non-hydrogen) atoms. The lowest BCUT2D eigenvalue weighted by Gasteiger charge is -2.42. The van der Waals surface area contributed by atoms with Gasteiger partial charge in [0.2, 0.25) is 0 Å². The van der Waals surface area contributed by atoms with Crippen molar-refractivity contribution < 1.29 is 9.84 Å². The summed E-state index contributed by atoms with van der Waals surface area (Å²) in [6.07, 6.45) is 0.138. The Bertz CT molecular complexity index is 522. The fourth-order valence-electron chi connectivity index (χ4n) is 2.45. The third-order valence-electron chi connectivity index (χ3n) is 3.62. The molecule has 0 aliphatic carbocycles. The second-order valence-corrected chi connectivity index (χ2v) is 5.59. The van der Waals surface area contributed by atoms with Crippen LogP contribution in [0.3, 0.4) is 0 Å². The van der Waals surface area contributed by atoms with E-state index in [0.717, 1.165) is 12.0 Å². The van der Waals surface area contributed by atoms with Crippen LogP contribution in [0.25, 0.3) is 0 Å². The maximum absolute atomic E-state index is 10.5. The van der Waals surface area contributed by atoms with Crippen LogP contribution in [0.1, 0.15) is 37.4 Å². The van der Waals surface area contributed by atoms with Crippen molar-refractivity contribution in [3.05, 3.63) is 29.3 Å². The summed E-state index contributed by atoms with van der Waals surface area (Å²) >= 11 is 0. The predicted octanol–water partition coefficient (Wildman–Crippen LogP) is 1.07. The topological polar surface area (TPSA) is 91.3 Å². The molecule has 1 aromatic rings. The highest BCUT2D eigenvalue weighted by atomic mass is 16.5. The van der Waals surface area contributed by atoms with Gasteiger partial charge in [0.25, 0.3) is 0 Å². The van der Waals surface area contributed by atoms with Crippen molar-refractivity contribution >= 4 is 0 Å². The molecule has 0 radical (unpaired) electrons. The minimum absolute atomic E-state index is 0.256. The van der Waals surface area contributed by atoms with E-state index >= 15 is 0 Å². The van der Waals surface area contributed by atoms with Gasteiger partial charge in [-0.2, -0.15) is 5.26 Å². The number of nitrogens with one attached hydrogen (secondary N) is 1. The van der Waals surface area contributed by atoms with E-state index in [1.54, 1.807) is 18.2 Å². The van der Waals surface area contributed by atoms with Crippen LogP contribution in [0, 0.1) is 11.3 Å². The fraction of sp³-hybridized carbons (Fsp3) is 0.533. The lowest BCUT2D eigenvalue weighted by Crippen LogP contribution is -2.52. The van der Waals surface area contributed by atoms with Crippen molar-refractivity contribution in [2.75, 3.05) is 13.1 Å². The fourth-order valence-corrected chi connectivity index (χ4v) is 2.45. The molecule has 0 aromatic heterocycles. The Morgan fingerprint density at radius 2 is 2.25 bits per heavy atom. The van der Waals surface area contributed by atoms with Crippen LogP contribution in [0.5, 0.6) is 5.75 Å². The Kier molecular flexibility index (Phi) is 4.29. The van der Waals surface area contributed by atoms with Crippen LogP contribution in [-0.2, 0) is 0 Å². The molecule has 1 heterocycles. The SMILES string of the molecule is CC1(C)Oc2ccc(C#N)cc2[C@H](NCCCN)[C@H]1O.